The normalized spacial score (nSPS) is 11.5. The van der Waals surface area contributed by atoms with Crippen molar-refractivity contribution >= 4 is 22.1 Å². The summed E-state index contributed by atoms with van der Waals surface area (Å²) in [5, 5.41) is 4.08. The molecule has 0 spiro atoms. The van der Waals surface area contributed by atoms with Crippen LogP contribution in [0, 0.1) is 0 Å². The van der Waals surface area contributed by atoms with Gasteiger partial charge in [-0.25, -0.2) is 13.8 Å². The van der Waals surface area contributed by atoms with Crippen LogP contribution in [0.1, 0.15) is 40.9 Å². The lowest BCUT2D eigenvalue weighted by Crippen LogP contribution is -2.30. The molecule has 4 aromatic rings. The van der Waals surface area contributed by atoms with Crippen LogP contribution < -0.4 is 14.9 Å². The van der Waals surface area contributed by atoms with Gasteiger partial charge in [0.15, 0.2) is 11.5 Å². The van der Waals surface area contributed by atoms with Gasteiger partial charge < -0.3 is 9.47 Å². The molecular formula is C32H33N3O5S. The van der Waals surface area contributed by atoms with E-state index in [1.807, 2.05) is 66.7 Å². The number of amides is 1. The molecular weight excluding hydrogens is 538 g/mol. The fourth-order valence-electron chi connectivity index (χ4n) is 4.05. The predicted molar refractivity (Wildman–Crippen MR) is 160 cm³/mol. The second kappa shape index (κ2) is 14.2. The fourth-order valence-corrected chi connectivity index (χ4v) is 5.55. The highest BCUT2D eigenvalue weighted by atomic mass is 32.2. The van der Waals surface area contributed by atoms with Gasteiger partial charge in [-0.1, -0.05) is 80.6 Å². The summed E-state index contributed by atoms with van der Waals surface area (Å²) >= 11 is 0. The first-order valence-electron chi connectivity index (χ1n) is 13.3. The summed E-state index contributed by atoms with van der Waals surface area (Å²) in [7, 11) is -3.69. The van der Waals surface area contributed by atoms with E-state index in [0.717, 1.165) is 11.1 Å². The molecule has 0 atom stereocenters. The molecule has 212 valence electrons. The lowest BCUT2D eigenvalue weighted by atomic mass is 10.2. The molecule has 4 rings (SSSR count). The van der Waals surface area contributed by atoms with Crippen LogP contribution in [0.5, 0.6) is 11.5 Å². The summed E-state index contributed by atoms with van der Waals surface area (Å²) in [5.41, 5.74) is 5.38. The molecule has 0 aromatic heterocycles. The van der Waals surface area contributed by atoms with E-state index in [1.54, 1.807) is 38.1 Å². The number of ether oxygens (including phenoxy) is 2. The predicted octanol–water partition coefficient (Wildman–Crippen LogP) is 5.64. The molecule has 0 bridgehead atoms. The Morgan fingerprint density at radius 2 is 1.39 bits per heavy atom. The van der Waals surface area contributed by atoms with Crippen molar-refractivity contribution < 1.29 is 22.7 Å². The highest BCUT2D eigenvalue weighted by molar-refractivity contribution is 7.89. The minimum atomic E-state index is -3.69. The fraction of sp³-hybridized carbons (Fsp3) is 0.188. The van der Waals surface area contributed by atoms with Crippen molar-refractivity contribution in [3.05, 3.63) is 125 Å². The van der Waals surface area contributed by atoms with Crippen LogP contribution in [-0.4, -0.2) is 37.9 Å². The Morgan fingerprint density at radius 1 is 0.780 bits per heavy atom. The number of carbonyl (C=O) groups is 1. The van der Waals surface area contributed by atoms with Gasteiger partial charge in [0.25, 0.3) is 5.91 Å². The maximum Gasteiger partial charge on any atom is 0.271 e. The molecule has 4 aromatic carbocycles. The summed E-state index contributed by atoms with van der Waals surface area (Å²) in [6, 6.07) is 31.0. The summed E-state index contributed by atoms with van der Waals surface area (Å²) in [6.45, 7) is 4.96. The lowest BCUT2D eigenvalue weighted by Gasteiger charge is -2.18. The van der Waals surface area contributed by atoms with Gasteiger partial charge in [0.2, 0.25) is 10.0 Å². The summed E-state index contributed by atoms with van der Waals surface area (Å²) in [6.07, 6.45) is 1.49. The zero-order valence-electron chi connectivity index (χ0n) is 23.1. The van der Waals surface area contributed by atoms with E-state index >= 15 is 0 Å². The number of sulfonamides is 1. The molecule has 1 N–H and O–H groups in total. The Morgan fingerprint density at radius 3 is 2.00 bits per heavy atom. The lowest BCUT2D eigenvalue weighted by molar-refractivity contribution is 0.0955. The number of benzene rings is 4. The van der Waals surface area contributed by atoms with Gasteiger partial charge >= 0.3 is 0 Å². The first-order valence-corrected chi connectivity index (χ1v) is 14.8. The highest BCUT2D eigenvalue weighted by Gasteiger charge is 2.22. The number of nitrogens with one attached hydrogen (secondary N) is 1. The number of carbonyl (C=O) groups excluding carboxylic acids is 1. The van der Waals surface area contributed by atoms with Gasteiger partial charge in [0.05, 0.1) is 11.1 Å². The number of hydrazone groups is 1. The molecule has 8 nitrogen and oxygen atoms in total. The standard InChI is InChI=1S/C32H33N3O5S/c1-3-35(4-2)41(37,38)29-17-11-16-28(21-29)32(36)34-33-22-27-18-19-30(39-23-25-12-7-5-8-13-25)31(20-27)40-24-26-14-9-6-10-15-26/h5-22H,3-4,23-24H2,1-2H3,(H,34,36)/b33-22-. The van der Waals surface area contributed by atoms with Gasteiger partial charge in [-0.15, -0.1) is 0 Å². The molecule has 0 saturated carbocycles. The van der Waals surface area contributed by atoms with Crippen molar-refractivity contribution in [2.75, 3.05) is 13.1 Å². The third-order valence-electron chi connectivity index (χ3n) is 6.26. The van der Waals surface area contributed by atoms with Crippen LogP contribution in [-0.2, 0) is 23.2 Å². The van der Waals surface area contributed by atoms with Crippen LogP contribution in [0.25, 0.3) is 0 Å². The van der Waals surface area contributed by atoms with E-state index in [2.05, 4.69) is 10.5 Å². The maximum absolute atomic E-state index is 12.8. The van der Waals surface area contributed by atoms with Crippen molar-refractivity contribution in [2.45, 2.75) is 32.0 Å². The highest BCUT2D eigenvalue weighted by Crippen LogP contribution is 2.30. The molecule has 0 aliphatic carbocycles. The largest absolute Gasteiger partial charge is 0.485 e. The summed E-state index contributed by atoms with van der Waals surface area (Å²) in [5.74, 6) is 0.591. The summed E-state index contributed by atoms with van der Waals surface area (Å²) in [4.78, 5) is 12.8. The quantitative estimate of drug-likeness (QED) is 0.166. The third kappa shape index (κ3) is 8.03. The second-order valence-corrected chi connectivity index (χ2v) is 11.0. The first kappa shape index (κ1) is 29.5. The molecule has 0 saturated heterocycles. The van der Waals surface area contributed by atoms with Crippen LogP contribution in [0.2, 0.25) is 0 Å². The Balaban J connectivity index is 1.47. The average Bonchev–Trinajstić information content (AvgIpc) is 3.01. The van der Waals surface area contributed by atoms with Crippen molar-refractivity contribution in [3.63, 3.8) is 0 Å². The number of hydrogen-bond acceptors (Lipinski definition) is 6. The van der Waals surface area contributed by atoms with Crippen LogP contribution >= 0.6 is 0 Å². The molecule has 0 aliphatic heterocycles. The van der Waals surface area contributed by atoms with Gasteiger partial charge in [-0.2, -0.15) is 9.41 Å². The minimum Gasteiger partial charge on any atom is -0.485 e. The monoisotopic (exact) mass is 571 g/mol. The van der Waals surface area contributed by atoms with E-state index in [-0.39, 0.29) is 10.5 Å². The Labute approximate surface area is 241 Å². The van der Waals surface area contributed by atoms with Crippen LogP contribution in [0.4, 0.5) is 0 Å². The zero-order chi connectivity index (χ0) is 29.1. The topological polar surface area (TPSA) is 97.3 Å². The van der Waals surface area contributed by atoms with Crippen molar-refractivity contribution in [2.24, 2.45) is 5.10 Å². The van der Waals surface area contributed by atoms with E-state index in [4.69, 9.17) is 9.47 Å². The van der Waals surface area contributed by atoms with Crippen LogP contribution in [0.15, 0.2) is 113 Å². The Bertz CT molecular complexity index is 1570. The SMILES string of the molecule is CCN(CC)S(=O)(=O)c1cccc(C(=O)N/N=C\c2ccc(OCc3ccccc3)c(OCc3ccccc3)c2)c1. The average molecular weight is 572 g/mol. The number of hydrogen-bond donors (Lipinski definition) is 1. The maximum atomic E-state index is 12.8. The zero-order valence-corrected chi connectivity index (χ0v) is 23.9. The molecule has 41 heavy (non-hydrogen) atoms. The number of nitrogens with zero attached hydrogens (tertiary/aromatic N) is 2. The Kier molecular flexibility index (Phi) is 10.3. The van der Waals surface area contributed by atoms with Gasteiger partial charge in [0.1, 0.15) is 13.2 Å². The second-order valence-electron chi connectivity index (χ2n) is 9.07. The van der Waals surface area contributed by atoms with Gasteiger partial charge in [-0.3, -0.25) is 4.79 Å². The van der Waals surface area contributed by atoms with E-state index < -0.39 is 15.9 Å². The Hall–Kier alpha value is -4.47. The van der Waals surface area contributed by atoms with Gasteiger partial charge in [0, 0.05) is 18.7 Å². The molecule has 0 fully saturated rings. The molecule has 9 heteroatoms. The van der Waals surface area contributed by atoms with Crippen LogP contribution in [0.3, 0.4) is 0 Å². The van der Waals surface area contributed by atoms with Gasteiger partial charge in [-0.05, 0) is 53.1 Å². The summed E-state index contributed by atoms with van der Waals surface area (Å²) < 4.78 is 39.2. The van der Waals surface area contributed by atoms with Crippen molar-refractivity contribution in [1.82, 2.24) is 9.73 Å². The van der Waals surface area contributed by atoms with E-state index in [1.165, 1.54) is 22.7 Å². The third-order valence-corrected chi connectivity index (χ3v) is 8.31. The minimum absolute atomic E-state index is 0.0594. The van der Waals surface area contributed by atoms with E-state index in [0.29, 0.717) is 43.4 Å². The smallest absolute Gasteiger partial charge is 0.271 e. The molecule has 0 heterocycles. The first-order chi connectivity index (χ1) is 19.9. The number of rotatable bonds is 13. The molecule has 0 unspecified atom stereocenters. The van der Waals surface area contributed by atoms with Crippen molar-refractivity contribution in [3.8, 4) is 11.5 Å². The van der Waals surface area contributed by atoms with E-state index in [9.17, 15) is 13.2 Å². The van der Waals surface area contributed by atoms with Crippen molar-refractivity contribution in [1.29, 1.82) is 0 Å². The molecule has 1 amide bonds. The molecule has 0 radical (unpaired) electrons. The molecule has 0 aliphatic rings.